The maximum absolute atomic E-state index is 12.6. The molecule has 148 valence electrons. The molecule has 0 N–H and O–H groups in total. The molecule has 8 heteroatoms. The van der Waals surface area contributed by atoms with E-state index in [1.165, 1.54) is 0 Å². The number of carbonyl (C=O) groups is 1. The summed E-state index contributed by atoms with van der Waals surface area (Å²) >= 11 is 1.55. The molecule has 0 radical (unpaired) electrons. The van der Waals surface area contributed by atoms with Crippen LogP contribution in [0, 0.1) is 0 Å². The third-order valence-electron chi connectivity index (χ3n) is 4.32. The third-order valence-corrected chi connectivity index (χ3v) is 5.18. The van der Waals surface area contributed by atoms with Crippen LogP contribution in [0.1, 0.15) is 24.8 Å². The second kappa shape index (κ2) is 9.36. The fourth-order valence-electron chi connectivity index (χ4n) is 2.81. The highest BCUT2D eigenvalue weighted by Crippen LogP contribution is 2.28. The molecule has 3 aromatic rings. The number of carbonyl (C=O) groups excluding carboxylic acids is 1. The van der Waals surface area contributed by atoms with Gasteiger partial charge in [0, 0.05) is 25.9 Å². The van der Waals surface area contributed by atoms with Gasteiger partial charge in [0.25, 0.3) is 0 Å². The summed E-state index contributed by atoms with van der Waals surface area (Å²) in [4.78, 5) is 19.8. The van der Waals surface area contributed by atoms with Gasteiger partial charge < -0.3 is 18.9 Å². The molecule has 0 saturated carbocycles. The highest BCUT2D eigenvalue weighted by molar-refractivity contribution is 7.13. The van der Waals surface area contributed by atoms with Crippen LogP contribution in [0.5, 0.6) is 11.5 Å². The zero-order valence-corrected chi connectivity index (χ0v) is 17.0. The van der Waals surface area contributed by atoms with Crippen molar-refractivity contribution in [3.8, 4) is 22.2 Å². The molecule has 0 aliphatic rings. The van der Waals surface area contributed by atoms with Gasteiger partial charge in [-0.1, -0.05) is 17.3 Å². The first-order chi connectivity index (χ1) is 13.6. The molecule has 2 aromatic heterocycles. The number of methoxy groups -OCH3 is 2. The van der Waals surface area contributed by atoms with Gasteiger partial charge in [-0.3, -0.25) is 4.79 Å². The van der Waals surface area contributed by atoms with Gasteiger partial charge in [0.1, 0.15) is 0 Å². The fraction of sp³-hybridized carbons (Fsp3) is 0.350. The molecular formula is C20H23N3O4S. The van der Waals surface area contributed by atoms with Crippen LogP contribution in [0.4, 0.5) is 0 Å². The molecule has 28 heavy (non-hydrogen) atoms. The lowest BCUT2D eigenvalue weighted by atomic mass is 10.1. The van der Waals surface area contributed by atoms with Crippen LogP contribution in [-0.4, -0.2) is 41.7 Å². The molecule has 0 aliphatic carbocycles. The van der Waals surface area contributed by atoms with Crippen LogP contribution < -0.4 is 9.47 Å². The zero-order chi connectivity index (χ0) is 19.9. The molecule has 0 saturated heterocycles. The number of nitrogens with zero attached hydrogens (tertiary/aromatic N) is 3. The Morgan fingerprint density at radius 3 is 2.71 bits per heavy atom. The lowest BCUT2D eigenvalue weighted by molar-refractivity contribution is -0.131. The van der Waals surface area contributed by atoms with Crippen molar-refractivity contribution < 1.29 is 18.8 Å². The molecule has 0 spiro atoms. The average Bonchev–Trinajstić information content (AvgIpc) is 3.41. The van der Waals surface area contributed by atoms with Gasteiger partial charge >= 0.3 is 0 Å². The highest BCUT2D eigenvalue weighted by Gasteiger charge is 2.16. The van der Waals surface area contributed by atoms with Crippen LogP contribution in [0.25, 0.3) is 10.7 Å². The van der Waals surface area contributed by atoms with E-state index >= 15 is 0 Å². The molecule has 2 heterocycles. The first-order valence-electron chi connectivity index (χ1n) is 8.99. The van der Waals surface area contributed by atoms with Crippen molar-refractivity contribution in [1.82, 2.24) is 15.0 Å². The Labute approximate surface area is 167 Å². The maximum atomic E-state index is 12.6. The number of thiophene rings is 1. The Morgan fingerprint density at radius 2 is 2.04 bits per heavy atom. The molecule has 0 aliphatic heterocycles. The Kier molecular flexibility index (Phi) is 6.65. The monoisotopic (exact) mass is 401 g/mol. The second-order valence-electron chi connectivity index (χ2n) is 6.09. The normalized spacial score (nSPS) is 10.7. The fourth-order valence-corrected chi connectivity index (χ4v) is 3.46. The van der Waals surface area contributed by atoms with Crippen molar-refractivity contribution in [1.29, 1.82) is 0 Å². The molecular weight excluding hydrogens is 378 g/mol. The maximum Gasteiger partial charge on any atom is 0.227 e. The van der Waals surface area contributed by atoms with E-state index in [1.807, 2.05) is 42.6 Å². The number of ether oxygens (including phenoxy) is 2. The van der Waals surface area contributed by atoms with E-state index in [-0.39, 0.29) is 5.91 Å². The number of rotatable bonds is 9. The van der Waals surface area contributed by atoms with Crippen LogP contribution in [0.2, 0.25) is 0 Å². The summed E-state index contributed by atoms with van der Waals surface area (Å²) < 4.78 is 15.9. The van der Waals surface area contributed by atoms with Crippen molar-refractivity contribution in [2.24, 2.45) is 0 Å². The van der Waals surface area contributed by atoms with Crippen molar-refractivity contribution in [3.05, 3.63) is 47.2 Å². The summed E-state index contributed by atoms with van der Waals surface area (Å²) in [5, 5.41) is 5.94. The summed E-state index contributed by atoms with van der Waals surface area (Å²) in [5.41, 5.74) is 0.977. The first-order valence-corrected chi connectivity index (χ1v) is 9.87. The number of hydrogen-bond acceptors (Lipinski definition) is 7. The van der Waals surface area contributed by atoms with E-state index in [2.05, 4.69) is 10.1 Å². The predicted molar refractivity (Wildman–Crippen MR) is 107 cm³/mol. The lowest BCUT2D eigenvalue weighted by Gasteiger charge is -2.21. The Hall–Kier alpha value is -2.87. The van der Waals surface area contributed by atoms with Gasteiger partial charge in [-0.05, 0) is 36.1 Å². The van der Waals surface area contributed by atoms with Gasteiger partial charge in [0.15, 0.2) is 11.5 Å². The number of benzene rings is 1. The Bertz CT molecular complexity index is 908. The minimum absolute atomic E-state index is 0.0353. The highest BCUT2D eigenvalue weighted by atomic mass is 32.1. The average molecular weight is 401 g/mol. The molecule has 0 unspecified atom stereocenters. The molecule has 0 bridgehead atoms. The Morgan fingerprint density at radius 1 is 1.21 bits per heavy atom. The molecule has 7 nitrogen and oxygen atoms in total. The first kappa shape index (κ1) is 19.9. The summed E-state index contributed by atoms with van der Waals surface area (Å²) in [6.45, 7) is 3.07. The van der Waals surface area contributed by atoms with E-state index in [0.29, 0.717) is 49.1 Å². The van der Waals surface area contributed by atoms with Gasteiger partial charge in [-0.15, -0.1) is 11.3 Å². The molecule has 0 fully saturated rings. The largest absolute Gasteiger partial charge is 0.493 e. The smallest absolute Gasteiger partial charge is 0.227 e. The molecule has 0 atom stereocenters. The van der Waals surface area contributed by atoms with Crippen LogP contribution >= 0.6 is 11.3 Å². The summed E-state index contributed by atoms with van der Waals surface area (Å²) in [6, 6.07) is 9.54. The predicted octanol–water partition coefficient (Wildman–Crippen LogP) is 3.80. The van der Waals surface area contributed by atoms with Gasteiger partial charge in [0.05, 0.1) is 19.1 Å². The third kappa shape index (κ3) is 4.69. The van der Waals surface area contributed by atoms with Crippen LogP contribution in [-0.2, 0) is 17.8 Å². The summed E-state index contributed by atoms with van der Waals surface area (Å²) in [6.07, 6.45) is 0.729. The van der Waals surface area contributed by atoms with Crippen molar-refractivity contribution in [3.63, 3.8) is 0 Å². The number of amides is 1. The zero-order valence-electron chi connectivity index (χ0n) is 16.2. The van der Waals surface area contributed by atoms with E-state index in [9.17, 15) is 4.79 Å². The van der Waals surface area contributed by atoms with E-state index in [1.54, 1.807) is 30.5 Å². The van der Waals surface area contributed by atoms with E-state index < -0.39 is 0 Å². The number of hydrogen-bond donors (Lipinski definition) is 0. The second-order valence-corrected chi connectivity index (χ2v) is 7.03. The quantitative estimate of drug-likeness (QED) is 0.543. The van der Waals surface area contributed by atoms with Crippen molar-refractivity contribution >= 4 is 17.2 Å². The molecule has 1 amide bonds. The van der Waals surface area contributed by atoms with Crippen LogP contribution in [0.15, 0.2) is 40.2 Å². The van der Waals surface area contributed by atoms with E-state index in [0.717, 1.165) is 10.4 Å². The summed E-state index contributed by atoms with van der Waals surface area (Å²) in [5.74, 6) is 2.39. The van der Waals surface area contributed by atoms with Gasteiger partial charge in [-0.2, -0.15) is 4.98 Å². The van der Waals surface area contributed by atoms with Gasteiger partial charge in [-0.25, -0.2) is 0 Å². The SMILES string of the molecule is CCN(Cc1ccc(OC)c(OC)c1)C(=O)CCc1nc(-c2cccs2)no1. The van der Waals surface area contributed by atoms with Crippen molar-refractivity contribution in [2.45, 2.75) is 26.3 Å². The Balaban J connectivity index is 1.59. The minimum atomic E-state index is 0.0353. The minimum Gasteiger partial charge on any atom is -0.493 e. The standard InChI is InChI=1S/C20H23N3O4S/c1-4-23(13-14-7-8-15(25-2)16(12-14)26-3)19(24)10-9-18-21-20(22-27-18)17-6-5-11-28-17/h5-8,11-12H,4,9-10,13H2,1-3H3. The topological polar surface area (TPSA) is 77.7 Å². The number of aryl methyl sites for hydroxylation is 1. The van der Waals surface area contributed by atoms with Crippen molar-refractivity contribution in [2.75, 3.05) is 20.8 Å². The van der Waals surface area contributed by atoms with Crippen LogP contribution in [0.3, 0.4) is 0 Å². The number of aromatic nitrogens is 2. The summed E-state index contributed by atoms with van der Waals surface area (Å²) in [7, 11) is 3.19. The van der Waals surface area contributed by atoms with E-state index in [4.69, 9.17) is 14.0 Å². The van der Waals surface area contributed by atoms with Gasteiger partial charge in [0.2, 0.25) is 17.6 Å². The lowest BCUT2D eigenvalue weighted by Crippen LogP contribution is -2.30. The molecule has 1 aromatic carbocycles. The molecule has 3 rings (SSSR count).